The zero-order valence-electron chi connectivity index (χ0n) is 21.2. The van der Waals surface area contributed by atoms with Crippen LogP contribution in [0.4, 0.5) is 0 Å². The van der Waals surface area contributed by atoms with Crippen LogP contribution in [0.5, 0.6) is 0 Å². The highest BCUT2D eigenvalue weighted by atomic mass is 14.4. The number of rotatable bonds is 9. The maximum atomic E-state index is 4.40. The van der Waals surface area contributed by atoms with Crippen LogP contribution < -0.4 is 0 Å². The average Bonchev–Trinajstić information content (AvgIpc) is 2.63. The van der Waals surface area contributed by atoms with E-state index in [1.807, 2.05) is 0 Å². The van der Waals surface area contributed by atoms with Crippen molar-refractivity contribution in [1.29, 1.82) is 0 Å². The minimum absolute atomic E-state index is 0.438. The van der Waals surface area contributed by atoms with Gasteiger partial charge in [-0.1, -0.05) is 75.3 Å². The maximum Gasteiger partial charge on any atom is -0.0152 e. The quantitative estimate of drug-likeness (QED) is 0.262. The first-order valence-electron chi connectivity index (χ1n) is 12.7. The Kier molecular flexibility index (Phi) is 9.26. The van der Waals surface area contributed by atoms with E-state index in [2.05, 4.69) is 66.9 Å². The molecule has 0 aromatic heterocycles. The first kappa shape index (κ1) is 25.2. The number of unbranched alkanes of at least 4 members (excludes halogenated alkanes) is 1. The Morgan fingerprint density at radius 2 is 1.13 bits per heavy atom. The van der Waals surface area contributed by atoms with Gasteiger partial charge < -0.3 is 0 Å². The van der Waals surface area contributed by atoms with Crippen LogP contribution in [0, 0.1) is 22.7 Å². The van der Waals surface area contributed by atoms with Crippen molar-refractivity contribution >= 4 is 0 Å². The summed E-state index contributed by atoms with van der Waals surface area (Å²) in [6.45, 7) is 23.2. The van der Waals surface area contributed by atoms with Gasteiger partial charge >= 0.3 is 0 Å². The van der Waals surface area contributed by atoms with Gasteiger partial charge in [-0.25, -0.2) is 0 Å². The Balaban J connectivity index is 1.73. The molecule has 2 atom stereocenters. The van der Waals surface area contributed by atoms with Crippen molar-refractivity contribution in [3.8, 4) is 0 Å². The SMILES string of the molecule is C=C1CCCC(C)(C)[C@@H]1CC/C(C)=C/CC/C=C(\C)CC[C@@H]1C(=C)CCCC1(C)C. The predicted octanol–water partition coefficient (Wildman–Crippen LogP) is 9.98. The second kappa shape index (κ2) is 11.0. The van der Waals surface area contributed by atoms with Crippen LogP contribution in [0.2, 0.25) is 0 Å². The van der Waals surface area contributed by atoms with E-state index in [1.54, 1.807) is 11.1 Å². The molecule has 0 spiro atoms. The first-order chi connectivity index (χ1) is 14.0. The summed E-state index contributed by atoms with van der Waals surface area (Å²) in [6.07, 6.45) is 20.2. The van der Waals surface area contributed by atoms with Crippen molar-refractivity contribution in [2.24, 2.45) is 22.7 Å². The summed E-state index contributed by atoms with van der Waals surface area (Å²) >= 11 is 0. The Morgan fingerprint density at radius 1 is 0.767 bits per heavy atom. The Morgan fingerprint density at radius 3 is 1.47 bits per heavy atom. The van der Waals surface area contributed by atoms with E-state index in [9.17, 15) is 0 Å². The van der Waals surface area contributed by atoms with Crippen LogP contribution in [0.3, 0.4) is 0 Å². The molecule has 0 unspecified atom stereocenters. The standard InChI is InChI=1S/C30H50/c1-23(17-19-27-25(3)15-11-21-29(27,5)6)13-9-10-14-24(2)18-20-28-26(4)16-12-22-30(28,7)8/h13-14,27-28H,3-4,9-12,15-22H2,1-2,5-8H3/b23-13+,24-14+/t27-,28-/m1/s1. The lowest BCUT2D eigenvalue weighted by atomic mass is 9.65. The van der Waals surface area contributed by atoms with E-state index in [1.165, 1.54) is 88.2 Å². The highest BCUT2D eigenvalue weighted by Crippen LogP contribution is 2.46. The molecule has 0 nitrogen and oxygen atoms in total. The Bertz CT molecular complexity index is 594. The molecule has 0 aromatic carbocycles. The van der Waals surface area contributed by atoms with Gasteiger partial charge in [0.2, 0.25) is 0 Å². The van der Waals surface area contributed by atoms with E-state index >= 15 is 0 Å². The minimum Gasteiger partial charge on any atom is -0.0996 e. The van der Waals surface area contributed by atoms with E-state index in [4.69, 9.17) is 0 Å². The lowest BCUT2D eigenvalue weighted by molar-refractivity contribution is 0.180. The molecule has 0 heterocycles. The third-order valence-electron chi connectivity index (χ3n) is 8.32. The van der Waals surface area contributed by atoms with Crippen LogP contribution in [0.25, 0.3) is 0 Å². The number of allylic oxidation sites excluding steroid dienone is 6. The van der Waals surface area contributed by atoms with Crippen LogP contribution in [0.1, 0.15) is 119 Å². The van der Waals surface area contributed by atoms with Crippen LogP contribution in [-0.4, -0.2) is 0 Å². The van der Waals surface area contributed by atoms with Crippen molar-refractivity contribution in [2.45, 2.75) is 119 Å². The molecule has 2 aliphatic rings. The first-order valence-corrected chi connectivity index (χ1v) is 12.7. The molecular formula is C30H50. The van der Waals surface area contributed by atoms with Crippen LogP contribution in [-0.2, 0) is 0 Å². The molecule has 170 valence electrons. The highest BCUT2D eigenvalue weighted by molar-refractivity contribution is 5.12. The lowest BCUT2D eigenvalue weighted by Gasteiger charge is -2.40. The molecule has 0 aliphatic heterocycles. The summed E-state index contributed by atoms with van der Waals surface area (Å²) in [5, 5.41) is 0. The van der Waals surface area contributed by atoms with Crippen LogP contribution in [0.15, 0.2) is 47.6 Å². The molecule has 0 radical (unpaired) electrons. The lowest BCUT2D eigenvalue weighted by Crippen LogP contribution is -2.29. The summed E-state index contributed by atoms with van der Waals surface area (Å²) in [5.74, 6) is 1.41. The zero-order chi connectivity index (χ0) is 22.4. The summed E-state index contributed by atoms with van der Waals surface area (Å²) in [4.78, 5) is 0. The third-order valence-corrected chi connectivity index (χ3v) is 8.32. The normalized spacial score (nSPS) is 27.4. The van der Waals surface area contributed by atoms with Gasteiger partial charge in [-0.15, -0.1) is 0 Å². The Hall–Kier alpha value is -1.04. The van der Waals surface area contributed by atoms with Crippen molar-refractivity contribution in [1.82, 2.24) is 0 Å². The van der Waals surface area contributed by atoms with Gasteiger partial charge in [-0.05, 0) is 114 Å². The molecule has 0 saturated heterocycles. The molecule has 2 saturated carbocycles. The summed E-state index contributed by atoms with van der Waals surface area (Å²) in [7, 11) is 0. The van der Waals surface area contributed by atoms with Crippen molar-refractivity contribution < 1.29 is 0 Å². The van der Waals surface area contributed by atoms with Gasteiger partial charge in [0.25, 0.3) is 0 Å². The predicted molar refractivity (Wildman–Crippen MR) is 136 cm³/mol. The molecular weight excluding hydrogens is 360 g/mol. The van der Waals surface area contributed by atoms with Gasteiger partial charge in [-0.3, -0.25) is 0 Å². The monoisotopic (exact) mass is 410 g/mol. The highest BCUT2D eigenvalue weighted by Gasteiger charge is 2.34. The van der Waals surface area contributed by atoms with Gasteiger partial charge in [0.05, 0.1) is 0 Å². The molecule has 2 fully saturated rings. The molecule has 2 rings (SSSR count). The molecule has 0 aromatic rings. The molecule has 0 heteroatoms. The smallest absolute Gasteiger partial charge is 0.0152 e. The molecule has 0 bridgehead atoms. The third kappa shape index (κ3) is 7.28. The molecule has 0 amide bonds. The van der Waals surface area contributed by atoms with Crippen molar-refractivity contribution in [3.05, 3.63) is 47.6 Å². The van der Waals surface area contributed by atoms with E-state index in [0.29, 0.717) is 22.7 Å². The topological polar surface area (TPSA) is 0 Å². The largest absolute Gasteiger partial charge is 0.0996 e. The van der Waals surface area contributed by atoms with Crippen LogP contribution >= 0.6 is 0 Å². The fraction of sp³-hybridized carbons (Fsp3) is 0.733. The number of hydrogen-bond acceptors (Lipinski definition) is 0. The molecule has 0 N–H and O–H groups in total. The van der Waals surface area contributed by atoms with E-state index in [0.717, 1.165) is 0 Å². The van der Waals surface area contributed by atoms with E-state index in [-0.39, 0.29) is 0 Å². The average molecular weight is 411 g/mol. The maximum absolute atomic E-state index is 4.40. The van der Waals surface area contributed by atoms with Gasteiger partial charge in [-0.2, -0.15) is 0 Å². The van der Waals surface area contributed by atoms with E-state index < -0.39 is 0 Å². The fourth-order valence-electron chi connectivity index (χ4n) is 6.14. The second-order valence-electron chi connectivity index (χ2n) is 11.9. The Labute approximate surface area is 189 Å². The molecule has 30 heavy (non-hydrogen) atoms. The summed E-state index contributed by atoms with van der Waals surface area (Å²) in [6, 6.07) is 0. The fourth-order valence-corrected chi connectivity index (χ4v) is 6.14. The summed E-state index contributed by atoms with van der Waals surface area (Å²) in [5.41, 5.74) is 7.01. The number of hydrogen-bond donors (Lipinski definition) is 0. The molecule has 2 aliphatic carbocycles. The van der Waals surface area contributed by atoms with Gasteiger partial charge in [0, 0.05) is 0 Å². The minimum atomic E-state index is 0.438. The van der Waals surface area contributed by atoms with Crippen molar-refractivity contribution in [2.75, 3.05) is 0 Å². The zero-order valence-corrected chi connectivity index (χ0v) is 21.2. The second-order valence-corrected chi connectivity index (χ2v) is 11.9. The van der Waals surface area contributed by atoms with Gasteiger partial charge in [0.1, 0.15) is 0 Å². The summed E-state index contributed by atoms with van der Waals surface area (Å²) < 4.78 is 0. The van der Waals surface area contributed by atoms with Crippen molar-refractivity contribution in [3.63, 3.8) is 0 Å². The van der Waals surface area contributed by atoms with Gasteiger partial charge in [0.15, 0.2) is 0 Å².